The van der Waals surface area contributed by atoms with Gasteiger partial charge in [-0.25, -0.2) is 8.78 Å². The standard InChI is InChI=1S/C12H14F2O/c1-9(15)8-11-5-3-2-4-10(11)6-7-12(13)14/h2-5,12H,6-8H2,1H3. The lowest BCUT2D eigenvalue weighted by molar-refractivity contribution is -0.116. The molecule has 0 atom stereocenters. The predicted octanol–water partition coefficient (Wildman–Crippen LogP) is 3.02. The summed E-state index contributed by atoms with van der Waals surface area (Å²) in [6.07, 6.45) is -1.76. The Morgan fingerprint density at radius 3 is 2.40 bits per heavy atom. The van der Waals surface area contributed by atoms with Gasteiger partial charge in [0.2, 0.25) is 6.43 Å². The first-order valence-electron chi connectivity index (χ1n) is 4.94. The maximum Gasteiger partial charge on any atom is 0.239 e. The Balaban J connectivity index is 2.72. The summed E-state index contributed by atoms with van der Waals surface area (Å²) in [6, 6.07) is 7.26. The molecule has 0 bridgehead atoms. The Labute approximate surface area is 88.1 Å². The Morgan fingerprint density at radius 2 is 1.87 bits per heavy atom. The summed E-state index contributed by atoms with van der Waals surface area (Å²) in [4.78, 5) is 11.0. The van der Waals surface area contributed by atoms with Crippen molar-refractivity contribution in [2.45, 2.75) is 32.6 Å². The number of aryl methyl sites for hydroxylation is 1. The molecular weight excluding hydrogens is 198 g/mol. The molecule has 1 rings (SSSR count). The third kappa shape index (κ3) is 4.19. The van der Waals surface area contributed by atoms with Gasteiger partial charge in [-0.1, -0.05) is 24.3 Å². The van der Waals surface area contributed by atoms with Crippen molar-refractivity contribution in [3.63, 3.8) is 0 Å². The number of alkyl halides is 2. The van der Waals surface area contributed by atoms with Crippen molar-refractivity contribution in [1.82, 2.24) is 0 Å². The van der Waals surface area contributed by atoms with E-state index in [9.17, 15) is 13.6 Å². The van der Waals surface area contributed by atoms with Crippen molar-refractivity contribution < 1.29 is 13.6 Å². The molecular formula is C12H14F2O. The number of carbonyl (C=O) groups excluding carboxylic acids is 1. The molecule has 0 aliphatic rings. The molecule has 82 valence electrons. The molecule has 0 aromatic heterocycles. The van der Waals surface area contributed by atoms with Gasteiger partial charge in [-0.3, -0.25) is 4.79 Å². The molecule has 0 heterocycles. The van der Waals surface area contributed by atoms with Gasteiger partial charge in [0.1, 0.15) is 5.78 Å². The first-order chi connectivity index (χ1) is 7.09. The number of rotatable bonds is 5. The minimum Gasteiger partial charge on any atom is -0.300 e. The van der Waals surface area contributed by atoms with Crippen LogP contribution in [0.15, 0.2) is 24.3 Å². The summed E-state index contributed by atoms with van der Waals surface area (Å²) in [5.74, 6) is 0.0551. The number of halogens is 2. The minimum atomic E-state index is -2.28. The van der Waals surface area contributed by atoms with Gasteiger partial charge in [0.25, 0.3) is 0 Å². The van der Waals surface area contributed by atoms with Crippen molar-refractivity contribution >= 4 is 5.78 Å². The molecule has 15 heavy (non-hydrogen) atoms. The van der Waals surface area contributed by atoms with Crippen LogP contribution in [0.2, 0.25) is 0 Å². The van der Waals surface area contributed by atoms with Crippen LogP contribution in [-0.2, 0) is 17.6 Å². The van der Waals surface area contributed by atoms with Crippen molar-refractivity contribution in [2.75, 3.05) is 0 Å². The summed E-state index contributed by atoms with van der Waals surface area (Å²) < 4.78 is 24.1. The number of benzene rings is 1. The van der Waals surface area contributed by atoms with E-state index in [0.29, 0.717) is 12.8 Å². The molecule has 0 aliphatic carbocycles. The Hall–Kier alpha value is -1.25. The van der Waals surface area contributed by atoms with Crippen LogP contribution >= 0.6 is 0 Å². The third-order valence-corrected chi connectivity index (χ3v) is 2.19. The largest absolute Gasteiger partial charge is 0.300 e. The molecule has 0 saturated carbocycles. The number of hydrogen-bond acceptors (Lipinski definition) is 1. The van der Waals surface area contributed by atoms with E-state index in [1.165, 1.54) is 6.92 Å². The van der Waals surface area contributed by atoms with Gasteiger partial charge in [0.15, 0.2) is 0 Å². The topological polar surface area (TPSA) is 17.1 Å². The van der Waals surface area contributed by atoms with Crippen LogP contribution in [0.1, 0.15) is 24.5 Å². The second-order valence-electron chi connectivity index (χ2n) is 3.58. The molecule has 0 saturated heterocycles. The SMILES string of the molecule is CC(=O)Cc1ccccc1CCC(F)F. The molecule has 1 nitrogen and oxygen atoms in total. The zero-order valence-corrected chi connectivity index (χ0v) is 8.67. The highest BCUT2D eigenvalue weighted by atomic mass is 19.3. The zero-order valence-electron chi connectivity index (χ0n) is 8.67. The minimum absolute atomic E-state index is 0.0551. The first kappa shape index (κ1) is 11.8. The molecule has 3 heteroatoms. The normalized spacial score (nSPS) is 10.7. The van der Waals surface area contributed by atoms with Gasteiger partial charge >= 0.3 is 0 Å². The molecule has 0 aliphatic heterocycles. The summed E-state index contributed by atoms with van der Waals surface area (Å²) in [7, 11) is 0. The molecule has 0 fully saturated rings. The van der Waals surface area contributed by atoms with Crippen LogP contribution in [-0.4, -0.2) is 12.2 Å². The van der Waals surface area contributed by atoms with Crippen molar-refractivity contribution in [1.29, 1.82) is 0 Å². The lowest BCUT2D eigenvalue weighted by atomic mass is 9.99. The van der Waals surface area contributed by atoms with Crippen LogP contribution in [0.4, 0.5) is 8.78 Å². The van der Waals surface area contributed by atoms with Gasteiger partial charge in [-0.2, -0.15) is 0 Å². The summed E-state index contributed by atoms with van der Waals surface area (Å²) >= 11 is 0. The second-order valence-corrected chi connectivity index (χ2v) is 3.58. The second kappa shape index (κ2) is 5.59. The zero-order chi connectivity index (χ0) is 11.3. The van der Waals surface area contributed by atoms with Crippen molar-refractivity contribution in [2.24, 2.45) is 0 Å². The van der Waals surface area contributed by atoms with Gasteiger partial charge < -0.3 is 0 Å². The van der Waals surface area contributed by atoms with E-state index in [4.69, 9.17) is 0 Å². The average molecular weight is 212 g/mol. The molecule has 1 aromatic carbocycles. The molecule has 0 spiro atoms. The van der Waals surface area contributed by atoms with E-state index < -0.39 is 6.43 Å². The van der Waals surface area contributed by atoms with E-state index in [1.807, 2.05) is 18.2 Å². The van der Waals surface area contributed by atoms with Gasteiger partial charge in [0.05, 0.1) is 0 Å². The van der Waals surface area contributed by atoms with Crippen LogP contribution in [0.25, 0.3) is 0 Å². The van der Waals surface area contributed by atoms with E-state index in [1.54, 1.807) is 6.07 Å². The van der Waals surface area contributed by atoms with Gasteiger partial charge in [0, 0.05) is 12.8 Å². The molecule has 0 unspecified atom stereocenters. The number of carbonyl (C=O) groups is 1. The Bertz CT molecular complexity index is 334. The monoisotopic (exact) mass is 212 g/mol. The number of ketones is 1. The summed E-state index contributed by atoms with van der Waals surface area (Å²) in [5.41, 5.74) is 1.72. The highest BCUT2D eigenvalue weighted by molar-refractivity contribution is 5.78. The van der Waals surface area contributed by atoms with E-state index in [0.717, 1.165) is 11.1 Å². The Kier molecular flexibility index (Phi) is 4.40. The number of hydrogen-bond donors (Lipinski definition) is 0. The van der Waals surface area contributed by atoms with E-state index in [-0.39, 0.29) is 12.2 Å². The fraction of sp³-hybridized carbons (Fsp3) is 0.417. The van der Waals surface area contributed by atoms with Crippen LogP contribution < -0.4 is 0 Å². The van der Waals surface area contributed by atoms with Crippen LogP contribution in [0.5, 0.6) is 0 Å². The molecule has 0 N–H and O–H groups in total. The quantitative estimate of drug-likeness (QED) is 0.733. The fourth-order valence-corrected chi connectivity index (χ4v) is 1.51. The first-order valence-corrected chi connectivity index (χ1v) is 4.94. The van der Waals surface area contributed by atoms with Crippen molar-refractivity contribution in [3.05, 3.63) is 35.4 Å². The molecule has 1 aromatic rings. The maximum absolute atomic E-state index is 12.0. The predicted molar refractivity (Wildman–Crippen MR) is 55.2 cm³/mol. The molecule has 0 amide bonds. The van der Waals surface area contributed by atoms with Gasteiger partial charge in [-0.05, 0) is 24.5 Å². The number of Topliss-reactive ketones (excluding diaryl/α,β-unsaturated/α-hetero) is 1. The van der Waals surface area contributed by atoms with Crippen molar-refractivity contribution in [3.8, 4) is 0 Å². The average Bonchev–Trinajstić information content (AvgIpc) is 2.15. The smallest absolute Gasteiger partial charge is 0.239 e. The van der Waals surface area contributed by atoms with E-state index >= 15 is 0 Å². The summed E-state index contributed by atoms with van der Waals surface area (Å²) in [6.45, 7) is 1.50. The fourth-order valence-electron chi connectivity index (χ4n) is 1.51. The highest BCUT2D eigenvalue weighted by Gasteiger charge is 2.07. The third-order valence-electron chi connectivity index (χ3n) is 2.19. The highest BCUT2D eigenvalue weighted by Crippen LogP contribution is 2.14. The lowest BCUT2D eigenvalue weighted by Crippen LogP contribution is -2.02. The maximum atomic E-state index is 12.0. The molecule has 0 radical (unpaired) electrons. The summed E-state index contributed by atoms with van der Waals surface area (Å²) in [5, 5.41) is 0. The van der Waals surface area contributed by atoms with Crippen LogP contribution in [0, 0.1) is 0 Å². The van der Waals surface area contributed by atoms with E-state index in [2.05, 4.69) is 0 Å². The Morgan fingerprint density at radius 1 is 1.27 bits per heavy atom. The lowest BCUT2D eigenvalue weighted by Gasteiger charge is -2.07. The van der Waals surface area contributed by atoms with Gasteiger partial charge in [-0.15, -0.1) is 0 Å². The van der Waals surface area contributed by atoms with Crippen LogP contribution in [0.3, 0.4) is 0 Å².